The molecule has 0 radical (unpaired) electrons. The van der Waals surface area contributed by atoms with Crippen molar-refractivity contribution >= 4 is 17.5 Å². The third-order valence-electron chi connectivity index (χ3n) is 3.65. The van der Waals surface area contributed by atoms with E-state index in [2.05, 4.69) is 10.6 Å². The van der Waals surface area contributed by atoms with E-state index in [9.17, 15) is 9.59 Å². The van der Waals surface area contributed by atoms with Crippen molar-refractivity contribution in [3.63, 3.8) is 0 Å². The molecule has 2 N–H and O–H groups in total. The lowest BCUT2D eigenvalue weighted by Gasteiger charge is -2.26. The summed E-state index contributed by atoms with van der Waals surface area (Å²) in [5, 5.41) is 5.42. The number of benzene rings is 2. The first-order valence-corrected chi connectivity index (χ1v) is 8.26. The summed E-state index contributed by atoms with van der Waals surface area (Å²) in [6.45, 7) is 1.92. The van der Waals surface area contributed by atoms with E-state index in [1.807, 2.05) is 24.3 Å². The number of ether oxygens (including phenoxy) is 3. The molecule has 2 aromatic carbocycles. The fraction of sp³-hybridized carbons (Fsp3) is 0.263. The van der Waals surface area contributed by atoms with Crippen molar-refractivity contribution < 1.29 is 23.8 Å². The molecule has 7 nitrogen and oxygen atoms in total. The van der Waals surface area contributed by atoms with Crippen molar-refractivity contribution in [1.82, 2.24) is 5.32 Å². The monoisotopic (exact) mass is 356 g/mol. The zero-order valence-corrected chi connectivity index (χ0v) is 14.4. The van der Waals surface area contributed by atoms with E-state index in [0.29, 0.717) is 36.1 Å². The van der Waals surface area contributed by atoms with E-state index in [0.717, 1.165) is 0 Å². The number of fused-ring (bicyclic) bond motifs is 1. The second kappa shape index (κ2) is 8.24. The van der Waals surface area contributed by atoms with Gasteiger partial charge in [-0.05, 0) is 24.3 Å². The van der Waals surface area contributed by atoms with E-state index < -0.39 is 0 Å². The third kappa shape index (κ3) is 4.66. The second-order valence-corrected chi connectivity index (χ2v) is 5.77. The predicted molar refractivity (Wildman–Crippen MR) is 95.6 cm³/mol. The fourth-order valence-electron chi connectivity index (χ4n) is 2.47. The van der Waals surface area contributed by atoms with Gasteiger partial charge < -0.3 is 24.8 Å². The Labute approximate surface area is 151 Å². The summed E-state index contributed by atoms with van der Waals surface area (Å²) in [4.78, 5) is 23.2. The van der Waals surface area contributed by atoms with Crippen LogP contribution in [0.1, 0.15) is 6.92 Å². The Bertz CT molecular complexity index is 793. The van der Waals surface area contributed by atoms with Gasteiger partial charge in [-0.2, -0.15) is 0 Å². The van der Waals surface area contributed by atoms with Crippen LogP contribution < -0.4 is 24.8 Å². The Balaban J connectivity index is 1.46. The molecule has 136 valence electrons. The highest BCUT2D eigenvalue weighted by Gasteiger charge is 2.21. The average Bonchev–Trinajstić information content (AvgIpc) is 2.65. The number of anilines is 1. The number of para-hydroxylation sites is 4. The van der Waals surface area contributed by atoms with Crippen LogP contribution in [-0.4, -0.2) is 37.7 Å². The zero-order chi connectivity index (χ0) is 18.4. The van der Waals surface area contributed by atoms with Crippen LogP contribution in [0.15, 0.2) is 48.5 Å². The van der Waals surface area contributed by atoms with Gasteiger partial charge in [0.25, 0.3) is 5.91 Å². The predicted octanol–water partition coefficient (Wildman–Crippen LogP) is 1.98. The quantitative estimate of drug-likeness (QED) is 0.827. The number of carbonyl (C=O) groups is 2. The highest BCUT2D eigenvalue weighted by molar-refractivity contribution is 5.90. The minimum atomic E-state index is -0.287. The summed E-state index contributed by atoms with van der Waals surface area (Å²) in [5.41, 5.74) is 0.522. The second-order valence-electron chi connectivity index (χ2n) is 5.77. The summed E-state index contributed by atoms with van der Waals surface area (Å²) < 4.78 is 16.9. The van der Waals surface area contributed by atoms with Crippen LogP contribution in [0.5, 0.6) is 17.2 Å². The molecule has 0 bridgehead atoms. The van der Waals surface area contributed by atoms with Gasteiger partial charge in [-0.15, -0.1) is 0 Å². The summed E-state index contributed by atoms with van der Waals surface area (Å²) in [6, 6.07) is 14.3. The number of nitrogens with one attached hydrogen (secondary N) is 2. The van der Waals surface area contributed by atoms with Crippen LogP contribution in [0.4, 0.5) is 5.69 Å². The largest absolute Gasteiger partial charge is 0.486 e. The highest BCUT2D eigenvalue weighted by atomic mass is 16.6. The topological polar surface area (TPSA) is 85.9 Å². The number of hydrogen-bond acceptors (Lipinski definition) is 5. The molecular formula is C19H20N2O5. The van der Waals surface area contributed by atoms with Gasteiger partial charge in [0, 0.05) is 6.92 Å². The molecule has 1 atom stereocenters. The number of rotatable bonds is 6. The Morgan fingerprint density at radius 1 is 1.12 bits per heavy atom. The lowest BCUT2D eigenvalue weighted by Crippen LogP contribution is -2.42. The molecule has 7 heteroatoms. The van der Waals surface area contributed by atoms with Crippen LogP contribution in [0.25, 0.3) is 0 Å². The molecule has 0 aliphatic carbocycles. The number of amides is 2. The standard InChI is InChI=1S/C19H20N2O5/c1-13(22)21-15-6-2-3-7-16(15)25-12-19(23)20-10-14-11-24-17-8-4-5-9-18(17)26-14/h2-9,14H,10-12H2,1H3,(H,20,23)(H,21,22). The van der Waals surface area contributed by atoms with Gasteiger partial charge in [0.1, 0.15) is 18.5 Å². The van der Waals surface area contributed by atoms with Crippen molar-refractivity contribution in [2.75, 3.05) is 25.1 Å². The van der Waals surface area contributed by atoms with Gasteiger partial charge in [0.2, 0.25) is 5.91 Å². The van der Waals surface area contributed by atoms with Gasteiger partial charge >= 0.3 is 0 Å². The maximum Gasteiger partial charge on any atom is 0.258 e. The molecule has 0 aromatic heterocycles. The lowest BCUT2D eigenvalue weighted by molar-refractivity contribution is -0.123. The molecule has 1 aliphatic rings. The first-order valence-electron chi connectivity index (χ1n) is 8.26. The summed E-state index contributed by atoms with van der Waals surface area (Å²) in [6.07, 6.45) is -0.263. The van der Waals surface area contributed by atoms with E-state index in [1.54, 1.807) is 24.3 Å². The summed E-state index contributed by atoms with van der Waals surface area (Å²) in [7, 11) is 0. The van der Waals surface area contributed by atoms with Gasteiger partial charge in [0.05, 0.1) is 12.2 Å². The van der Waals surface area contributed by atoms with Crippen LogP contribution in [0.3, 0.4) is 0 Å². The van der Waals surface area contributed by atoms with Gasteiger partial charge in [-0.25, -0.2) is 0 Å². The van der Waals surface area contributed by atoms with Crippen LogP contribution in [0, 0.1) is 0 Å². The minimum Gasteiger partial charge on any atom is -0.486 e. The maximum atomic E-state index is 12.0. The van der Waals surface area contributed by atoms with E-state index in [-0.39, 0.29) is 24.5 Å². The smallest absolute Gasteiger partial charge is 0.258 e. The Morgan fingerprint density at radius 2 is 1.85 bits per heavy atom. The van der Waals surface area contributed by atoms with Crippen molar-refractivity contribution in [3.8, 4) is 17.2 Å². The SMILES string of the molecule is CC(=O)Nc1ccccc1OCC(=O)NCC1COc2ccccc2O1. The van der Waals surface area contributed by atoms with Crippen molar-refractivity contribution in [1.29, 1.82) is 0 Å². The third-order valence-corrected chi connectivity index (χ3v) is 3.65. The highest BCUT2D eigenvalue weighted by Crippen LogP contribution is 2.30. The molecule has 0 saturated heterocycles. The van der Waals surface area contributed by atoms with E-state index >= 15 is 0 Å². The molecule has 26 heavy (non-hydrogen) atoms. The summed E-state index contributed by atoms with van der Waals surface area (Å²) >= 11 is 0. The molecule has 3 rings (SSSR count). The van der Waals surface area contributed by atoms with Gasteiger partial charge in [-0.3, -0.25) is 9.59 Å². The van der Waals surface area contributed by atoms with Crippen LogP contribution >= 0.6 is 0 Å². The fourth-order valence-corrected chi connectivity index (χ4v) is 2.47. The first-order chi connectivity index (χ1) is 12.6. The molecule has 1 unspecified atom stereocenters. The maximum absolute atomic E-state index is 12.0. The van der Waals surface area contributed by atoms with E-state index in [1.165, 1.54) is 6.92 Å². The molecule has 2 amide bonds. The Kier molecular flexibility index (Phi) is 5.58. The lowest BCUT2D eigenvalue weighted by atomic mass is 10.2. The van der Waals surface area contributed by atoms with E-state index in [4.69, 9.17) is 14.2 Å². The average molecular weight is 356 g/mol. The molecule has 1 heterocycles. The zero-order valence-electron chi connectivity index (χ0n) is 14.4. The molecule has 0 spiro atoms. The molecule has 2 aromatic rings. The normalized spacial score (nSPS) is 15.0. The van der Waals surface area contributed by atoms with Crippen LogP contribution in [0.2, 0.25) is 0 Å². The van der Waals surface area contributed by atoms with Gasteiger partial charge in [-0.1, -0.05) is 24.3 Å². The molecule has 1 aliphatic heterocycles. The molecule has 0 fully saturated rings. The molecule has 0 saturated carbocycles. The Morgan fingerprint density at radius 3 is 2.65 bits per heavy atom. The van der Waals surface area contributed by atoms with Crippen LogP contribution in [-0.2, 0) is 9.59 Å². The van der Waals surface area contributed by atoms with Crippen molar-refractivity contribution in [2.45, 2.75) is 13.0 Å². The Hall–Kier alpha value is -3.22. The van der Waals surface area contributed by atoms with Gasteiger partial charge in [0.15, 0.2) is 18.1 Å². The van der Waals surface area contributed by atoms with Crippen molar-refractivity contribution in [2.24, 2.45) is 0 Å². The minimum absolute atomic E-state index is 0.166. The summed E-state index contributed by atoms with van der Waals surface area (Å²) in [5.74, 6) is 1.31. The number of hydrogen-bond donors (Lipinski definition) is 2. The molecular weight excluding hydrogens is 336 g/mol. The van der Waals surface area contributed by atoms with Crippen molar-refractivity contribution in [3.05, 3.63) is 48.5 Å². The first kappa shape index (κ1) is 17.6. The number of carbonyl (C=O) groups excluding carboxylic acids is 2.